The number of carbonyl (C=O) groups excluding carboxylic acids is 1. The minimum absolute atomic E-state index is 0.0273. The molecule has 0 fully saturated rings. The average Bonchev–Trinajstić information content (AvgIpc) is 3.20. The SMILES string of the molecule is CCN1C(=O)COc2ccc(-c3csc(NS(=O)(=O)c4ccc(C(C)(C)C)cc4)n3)cc21. The van der Waals surface area contributed by atoms with Gasteiger partial charge in [-0.25, -0.2) is 13.4 Å². The number of nitrogens with one attached hydrogen (secondary N) is 1. The van der Waals surface area contributed by atoms with Crippen molar-refractivity contribution in [2.45, 2.75) is 38.0 Å². The summed E-state index contributed by atoms with van der Waals surface area (Å²) in [5, 5.41) is 2.06. The van der Waals surface area contributed by atoms with Gasteiger partial charge in [-0.2, -0.15) is 0 Å². The van der Waals surface area contributed by atoms with Gasteiger partial charge in [0.15, 0.2) is 11.7 Å². The van der Waals surface area contributed by atoms with Gasteiger partial charge < -0.3 is 9.64 Å². The molecule has 0 bridgehead atoms. The highest BCUT2D eigenvalue weighted by molar-refractivity contribution is 7.93. The number of hydrogen-bond acceptors (Lipinski definition) is 6. The Morgan fingerprint density at radius 2 is 1.88 bits per heavy atom. The third kappa shape index (κ3) is 4.35. The summed E-state index contributed by atoms with van der Waals surface area (Å²) in [5.41, 5.74) is 3.08. The number of fused-ring (bicyclic) bond motifs is 1. The van der Waals surface area contributed by atoms with E-state index in [0.717, 1.165) is 11.1 Å². The molecule has 0 saturated heterocycles. The van der Waals surface area contributed by atoms with Crippen molar-refractivity contribution in [3.8, 4) is 17.0 Å². The maximum absolute atomic E-state index is 12.8. The van der Waals surface area contributed by atoms with E-state index in [2.05, 4.69) is 30.5 Å². The van der Waals surface area contributed by atoms with E-state index in [1.807, 2.05) is 31.2 Å². The van der Waals surface area contributed by atoms with E-state index in [0.29, 0.717) is 23.7 Å². The van der Waals surface area contributed by atoms with Crippen LogP contribution in [0.4, 0.5) is 10.8 Å². The topological polar surface area (TPSA) is 88.6 Å². The van der Waals surface area contributed by atoms with Crippen molar-refractivity contribution < 1.29 is 17.9 Å². The van der Waals surface area contributed by atoms with Gasteiger partial charge in [-0.15, -0.1) is 11.3 Å². The number of carbonyl (C=O) groups is 1. The number of nitrogens with zero attached hydrogens (tertiary/aromatic N) is 2. The molecule has 7 nitrogen and oxygen atoms in total. The van der Waals surface area contributed by atoms with Crippen LogP contribution >= 0.6 is 11.3 Å². The van der Waals surface area contributed by atoms with Crippen molar-refractivity contribution in [3.63, 3.8) is 0 Å². The Bertz CT molecular complexity index is 1260. The molecule has 4 rings (SSSR count). The number of rotatable bonds is 5. The molecule has 2 aromatic carbocycles. The molecule has 0 saturated carbocycles. The average molecular weight is 472 g/mol. The predicted molar refractivity (Wildman–Crippen MR) is 127 cm³/mol. The van der Waals surface area contributed by atoms with Crippen molar-refractivity contribution in [1.29, 1.82) is 0 Å². The molecule has 1 N–H and O–H groups in total. The van der Waals surface area contributed by atoms with Crippen LogP contribution < -0.4 is 14.4 Å². The van der Waals surface area contributed by atoms with Crippen LogP contribution in [0.5, 0.6) is 5.75 Å². The maximum Gasteiger partial charge on any atom is 0.265 e. The molecule has 0 radical (unpaired) electrons. The zero-order valence-corrected chi connectivity index (χ0v) is 20.0. The number of anilines is 2. The fraction of sp³-hybridized carbons (Fsp3) is 0.304. The van der Waals surface area contributed by atoms with Crippen LogP contribution in [0, 0.1) is 0 Å². The molecule has 1 aliphatic heterocycles. The molecule has 168 valence electrons. The number of amides is 1. The monoisotopic (exact) mass is 471 g/mol. The number of hydrogen-bond donors (Lipinski definition) is 1. The van der Waals surface area contributed by atoms with Gasteiger partial charge in [0.2, 0.25) is 0 Å². The predicted octanol–water partition coefficient (Wildman–Crippen LogP) is 4.65. The standard InChI is InChI=1S/C23H25N3O4S2/c1-5-26-19-12-15(6-11-20(19)30-13-21(26)27)18-14-31-22(24-18)25-32(28,29)17-9-7-16(8-10-17)23(2,3)4/h6-12,14H,5,13H2,1-4H3,(H,24,25). The number of thiazole rings is 1. The van der Waals surface area contributed by atoms with Crippen LogP contribution in [0.25, 0.3) is 11.3 Å². The van der Waals surface area contributed by atoms with Gasteiger partial charge in [0, 0.05) is 17.5 Å². The Balaban J connectivity index is 1.57. The Labute approximate surface area is 192 Å². The lowest BCUT2D eigenvalue weighted by Gasteiger charge is -2.28. The van der Waals surface area contributed by atoms with Gasteiger partial charge in [0.25, 0.3) is 15.9 Å². The summed E-state index contributed by atoms with van der Waals surface area (Å²) in [6, 6.07) is 12.4. The van der Waals surface area contributed by atoms with Crippen molar-refractivity contribution in [3.05, 3.63) is 53.4 Å². The summed E-state index contributed by atoms with van der Waals surface area (Å²) in [7, 11) is -3.75. The second-order valence-electron chi connectivity index (χ2n) is 8.53. The van der Waals surface area contributed by atoms with Gasteiger partial charge in [0.1, 0.15) is 5.75 Å². The van der Waals surface area contributed by atoms with Crippen molar-refractivity contribution in [2.24, 2.45) is 0 Å². The Morgan fingerprint density at radius 3 is 2.53 bits per heavy atom. The molecular formula is C23H25N3O4S2. The summed E-state index contributed by atoms with van der Waals surface area (Å²) >= 11 is 1.20. The molecule has 3 aromatic rings. The fourth-order valence-electron chi connectivity index (χ4n) is 3.47. The van der Waals surface area contributed by atoms with Crippen LogP contribution in [0.1, 0.15) is 33.3 Å². The molecule has 1 aliphatic rings. The third-order valence-electron chi connectivity index (χ3n) is 5.27. The Kier molecular flexibility index (Phi) is 5.72. The highest BCUT2D eigenvalue weighted by atomic mass is 32.2. The second-order valence-corrected chi connectivity index (χ2v) is 11.1. The van der Waals surface area contributed by atoms with Gasteiger partial charge in [0.05, 0.1) is 16.3 Å². The minimum atomic E-state index is -3.75. The van der Waals surface area contributed by atoms with E-state index >= 15 is 0 Å². The summed E-state index contributed by atoms with van der Waals surface area (Å²) in [6.45, 7) is 8.70. The number of sulfonamides is 1. The van der Waals surface area contributed by atoms with Gasteiger partial charge >= 0.3 is 0 Å². The molecule has 0 spiro atoms. The zero-order chi connectivity index (χ0) is 23.1. The van der Waals surface area contributed by atoms with Crippen molar-refractivity contribution in [2.75, 3.05) is 22.8 Å². The fourth-order valence-corrected chi connectivity index (χ4v) is 5.44. The summed E-state index contributed by atoms with van der Waals surface area (Å²) in [4.78, 5) is 18.4. The van der Waals surface area contributed by atoms with E-state index in [1.54, 1.807) is 28.5 Å². The Hall–Kier alpha value is -2.91. The molecular weight excluding hydrogens is 446 g/mol. The molecule has 0 atom stereocenters. The van der Waals surface area contributed by atoms with Gasteiger partial charge in [-0.3, -0.25) is 9.52 Å². The summed E-state index contributed by atoms with van der Waals surface area (Å²) in [6.07, 6.45) is 0. The van der Waals surface area contributed by atoms with Crippen molar-refractivity contribution >= 4 is 38.1 Å². The van der Waals surface area contributed by atoms with E-state index in [4.69, 9.17) is 4.74 Å². The molecule has 9 heteroatoms. The molecule has 1 amide bonds. The number of ether oxygens (including phenoxy) is 1. The van der Waals surface area contributed by atoms with E-state index < -0.39 is 10.0 Å². The number of aromatic nitrogens is 1. The number of likely N-dealkylation sites (N-methyl/N-ethyl adjacent to an activating group) is 1. The second kappa shape index (κ2) is 8.22. The lowest BCUT2D eigenvalue weighted by atomic mass is 9.87. The van der Waals surface area contributed by atoms with Gasteiger partial charge in [-0.1, -0.05) is 32.9 Å². The molecule has 0 aliphatic carbocycles. The molecule has 32 heavy (non-hydrogen) atoms. The highest BCUT2D eigenvalue weighted by Crippen LogP contribution is 2.37. The Morgan fingerprint density at radius 1 is 1.16 bits per heavy atom. The van der Waals surface area contributed by atoms with Crippen LogP contribution in [0.2, 0.25) is 0 Å². The largest absolute Gasteiger partial charge is 0.482 e. The smallest absolute Gasteiger partial charge is 0.265 e. The van der Waals surface area contributed by atoms with E-state index in [1.165, 1.54) is 11.3 Å². The maximum atomic E-state index is 12.8. The lowest BCUT2D eigenvalue weighted by Crippen LogP contribution is -2.38. The van der Waals surface area contributed by atoms with Crippen LogP contribution in [0.3, 0.4) is 0 Å². The molecule has 1 aromatic heterocycles. The normalized spacial score (nSPS) is 14.1. The van der Waals surface area contributed by atoms with E-state index in [-0.39, 0.29) is 28.0 Å². The summed E-state index contributed by atoms with van der Waals surface area (Å²) < 4.78 is 33.7. The van der Waals surface area contributed by atoms with Crippen LogP contribution in [0.15, 0.2) is 52.7 Å². The van der Waals surface area contributed by atoms with Crippen LogP contribution in [-0.2, 0) is 20.2 Å². The minimum Gasteiger partial charge on any atom is -0.482 e. The molecule has 2 heterocycles. The third-order valence-corrected chi connectivity index (χ3v) is 7.51. The zero-order valence-electron chi connectivity index (χ0n) is 18.4. The summed E-state index contributed by atoms with van der Waals surface area (Å²) in [5.74, 6) is 0.548. The quantitative estimate of drug-likeness (QED) is 0.585. The highest BCUT2D eigenvalue weighted by Gasteiger charge is 2.25. The molecule has 0 unspecified atom stereocenters. The van der Waals surface area contributed by atoms with E-state index in [9.17, 15) is 13.2 Å². The van der Waals surface area contributed by atoms with Crippen LogP contribution in [-0.4, -0.2) is 32.5 Å². The first-order valence-corrected chi connectivity index (χ1v) is 12.6. The first-order valence-electron chi connectivity index (χ1n) is 10.2. The number of benzene rings is 2. The first-order chi connectivity index (χ1) is 15.1. The first kappa shape index (κ1) is 22.3. The van der Waals surface area contributed by atoms with Crippen molar-refractivity contribution in [1.82, 2.24) is 4.98 Å². The lowest BCUT2D eigenvalue weighted by molar-refractivity contribution is -0.121. The van der Waals surface area contributed by atoms with Gasteiger partial charge in [-0.05, 0) is 48.2 Å².